The Kier molecular flexibility index (Phi) is 3.47. The van der Waals surface area contributed by atoms with Crippen molar-refractivity contribution in [3.63, 3.8) is 0 Å². The molecule has 1 aromatic carbocycles. The van der Waals surface area contributed by atoms with Crippen molar-refractivity contribution in [3.8, 4) is 6.07 Å². The van der Waals surface area contributed by atoms with Crippen LogP contribution in [0.15, 0.2) is 28.6 Å². The number of nitrogens with one attached hydrogen (secondary N) is 1. The first-order valence-corrected chi connectivity index (χ1v) is 7.25. The van der Waals surface area contributed by atoms with Gasteiger partial charge in [-0.2, -0.15) is 5.26 Å². The molecule has 0 saturated heterocycles. The number of benzene rings is 1. The minimum Gasteiger partial charge on any atom is -0.253 e. The van der Waals surface area contributed by atoms with Gasteiger partial charge < -0.3 is 0 Å². The highest BCUT2D eigenvalue weighted by molar-refractivity contribution is 7.93. The van der Waals surface area contributed by atoms with Crippen LogP contribution in [0.1, 0.15) is 5.56 Å². The van der Waals surface area contributed by atoms with Crippen LogP contribution in [0, 0.1) is 11.3 Å². The van der Waals surface area contributed by atoms with Gasteiger partial charge in [0.2, 0.25) is 5.13 Å². The van der Waals surface area contributed by atoms with E-state index in [1.807, 2.05) is 6.07 Å². The fourth-order valence-electron chi connectivity index (χ4n) is 1.17. The Labute approximate surface area is 112 Å². The quantitative estimate of drug-likeness (QED) is 0.933. The molecule has 0 bridgehead atoms. The Bertz CT molecular complexity index is 707. The maximum Gasteiger partial charge on any atom is 0.265 e. The van der Waals surface area contributed by atoms with E-state index in [1.54, 1.807) is 0 Å². The third kappa shape index (κ3) is 2.59. The van der Waals surface area contributed by atoms with Gasteiger partial charge in [0, 0.05) is 0 Å². The number of sulfonamides is 1. The van der Waals surface area contributed by atoms with Crippen LogP contribution < -0.4 is 4.72 Å². The zero-order chi connectivity index (χ0) is 13.2. The van der Waals surface area contributed by atoms with E-state index in [2.05, 4.69) is 14.9 Å². The molecular weight excluding hydrogens is 296 g/mol. The van der Waals surface area contributed by atoms with E-state index >= 15 is 0 Å². The van der Waals surface area contributed by atoms with E-state index in [0.29, 0.717) is 0 Å². The summed E-state index contributed by atoms with van der Waals surface area (Å²) in [5.41, 5.74) is 1.60. The number of anilines is 1. The first kappa shape index (κ1) is 12.8. The third-order valence-electron chi connectivity index (χ3n) is 1.93. The van der Waals surface area contributed by atoms with Gasteiger partial charge in [-0.1, -0.05) is 22.9 Å². The molecule has 1 heterocycles. The van der Waals surface area contributed by atoms with Crippen molar-refractivity contribution in [1.29, 1.82) is 5.26 Å². The summed E-state index contributed by atoms with van der Waals surface area (Å²) in [7, 11) is -3.87. The highest BCUT2D eigenvalue weighted by Crippen LogP contribution is 2.25. The zero-order valence-electron chi connectivity index (χ0n) is 8.66. The highest BCUT2D eigenvalue weighted by Gasteiger charge is 2.19. The Morgan fingerprint density at radius 2 is 2.22 bits per heavy atom. The molecule has 2 aromatic rings. The normalized spacial score (nSPS) is 10.9. The van der Waals surface area contributed by atoms with E-state index in [9.17, 15) is 8.42 Å². The maximum absolute atomic E-state index is 12.0. The number of nitrogens with zero attached hydrogens (tertiary/aromatic N) is 3. The SMILES string of the molecule is N#Cc1ccc(Cl)c(S(=O)(=O)Nc2nncs2)c1. The van der Waals surface area contributed by atoms with Crippen LogP contribution in [-0.2, 0) is 10.0 Å². The molecule has 0 amide bonds. The lowest BCUT2D eigenvalue weighted by Crippen LogP contribution is -2.13. The summed E-state index contributed by atoms with van der Waals surface area (Å²) in [6, 6.07) is 5.84. The van der Waals surface area contributed by atoms with Crippen LogP contribution in [0.25, 0.3) is 0 Å². The molecule has 2 rings (SSSR count). The van der Waals surface area contributed by atoms with Gasteiger partial charge in [-0.25, -0.2) is 8.42 Å². The predicted molar refractivity (Wildman–Crippen MR) is 66.9 cm³/mol. The number of hydrogen-bond acceptors (Lipinski definition) is 6. The lowest BCUT2D eigenvalue weighted by atomic mass is 10.2. The van der Waals surface area contributed by atoms with Gasteiger partial charge >= 0.3 is 0 Å². The molecule has 0 atom stereocenters. The van der Waals surface area contributed by atoms with Crippen molar-refractivity contribution in [1.82, 2.24) is 10.2 Å². The second-order valence-electron chi connectivity index (χ2n) is 3.11. The Morgan fingerprint density at radius 1 is 1.44 bits per heavy atom. The average molecular weight is 301 g/mol. The molecule has 0 aliphatic rings. The van der Waals surface area contributed by atoms with Gasteiger partial charge in [-0.15, -0.1) is 10.2 Å². The minimum absolute atomic E-state index is 0.0333. The number of hydrogen-bond donors (Lipinski definition) is 1. The van der Waals surface area contributed by atoms with Crippen LogP contribution in [0.4, 0.5) is 5.13 Å². The monoisotopic (exact) mass is 300 g/mol. The molecule has 1 aromatic heterocycles. The molecule has 0 spiro atoms. The van der Waals surface area contributed by atoms with Crippen LogP contribution in [0.5, 0.6) is 0 Å². The van der Waals surface area contributed by atoms with Gasteiger partial charge in [0.1, 0.15) is 10.4 Å². The Hall–Kier alpha value is -1.69. The topological polar surface area (TPSA) is 95.7 Å². The van der Waals surface area contributed by atoms with E-state index in [4.69, 9.17) is 16.9 Å². The molecule has 0 aliphatic carbocycles. The fraction of sp³-hybridized carbons (Fsp3) is 0. The molecule has 0 aliphatic heterocycles. The summed E-state index contributed by atoms with van der Waals surface area (Å²) < 4.78 is 26.3. The fourth-order valence-corrected chi connectivity index (χ4v) is 3.39. The molecule has 0 saturated carbocycles. The van der Waals surface area contributed by atoms with Gasteiger partial charge in [-0.05, 0) is 18.2 Å². The number of halogens is 1. The Morgan fingerprint density at radius 3 is 2.83 bits per heavy atom. The molecule has 9 heteroatoms. The lowest BCUT2D eigenvalue weighted by molar-refractivity contribution is 0.601. The van der Waals surface area contributed by atoms with Crippen LogP contribution >= 0.6 is 22.9 Å². The van der Waals surface area contributed by atoms with Crippen molar-refractivity contribution < 1.29 is 8.42 Å². The number of aromatic nitrogens is 2. The molecule has 0 radical (unpaired) electrons. The first-order valence-electron chi connectivity index (χ1n) is 4.51. The third-order valence-corrected chi connectivity index (χ3v) is 4.49. The molecule has 92 valence electrons. The summed E-state index contributed by atoms with van der Waals surface area (Å²) in [5, 5.41) is 16.0. The summed E-state index contributed by atoms with van der Waals surface area (Å²) in [4.78, 5) is -0.168. The smallest absolute Gasteiger partial charge is 0.253 e. The van der Waals surface area contributed by atoms with Crippen molar-refractivity contribution >= 4 is 38.1 Å². The van der Waals surface area contributed by atoms with E-state index in [-0.39, 0.29) is 20.6 Å². The van der Waals surface area contributed by atoms with E-state index in [0.717, 1.165) is 11.3 Å². The van der Waals surface area contributed by atoms with Crippen LogP contribution in [0.3, 0.4) is 0 Å². The average Bonchev–Trinajstić information content (AvgIpc) is 2.81. The number of rotatable bonds is 3. The van der Waals surface area contributed by atoms with Crippen LogP contribution in [0.2, 0.25) is 5.02 Å². The van der Waals surface area contributed by atoms with Gasteiger partial charge in [-0.3, -0.25) is 4.72 Å². The summed E-state index contributed by atoms with van der Waals surface area (Å²) in [5.74, 6) is 0. The largest absolute Gasteiger partial charge is 0.265 e. The first-order chi connectivity index (χ1) is 8.53. The molecule has 1 N–H and O–H groups in total. The minimum atomic E-state index is -3.87. The molecular formula is C9H5ClN4O2S2. The maximum atomic E-state index is 12.0. The second-order valence-corrected chi connectivity index (χ2v) is 6.00. The number of nitriles is 1. The van der Waals surface area contributed by atoms with Crippen molar-refractivity contribution in [2.45, 2.75) is 4.90 Å². The lowest BCUT2D eigenvalue weighted by Gasteiger charge is -2.06. The summed E-state index contributed by atoms with van der Waals surface area (Å²) in [6.07, 6.45) is 0. The van der Waals surface area contributed by atoms with Crippen molar-refractivity contribution in [2.75, 3.05) is 4.72 Å². The van der Waals surface area contributed by atoms with Gasteiger partial charge in [0.25, 0.3) is 10.0 Å². The summed E-state index contributed by atoms with van der Waals surface area (Å²) >= 11 is 6.86. The second kappa shape index (κ2) is 4.89. The zero-order valence-corrected chi connectivity index (χ0v) is 11.1. The van der Waals surface area contributed by atoms with Crippen LogP contribution in [-0.4, -0.2) is 18.6 Å². The van der Waals surface area contributed by atoms with Crippen molar-refractivity contribution in [2.24, 2.45) is 0 Å². The van der Waals surface area contributed by atoms with E-state index in [1.165, 1.54) is 23.7 Å². The van der Waals surface area contributed by atoms with Crippen molar-refractivity contribution in [3.05, 3.63) is 34.3 Å². The molecule has 18 heavy (non-hydrogen) atoms. The van der Waals surface area contributed by atoms with Gasteiger partial charge in [0.15, 0.2) is 0 Å². The van der Waals surface area contributed by atoms with Gasteiger partial charge in [0.05, 0.1) is 16.7 Å². The highest BCUT2D eigenvalue weighted by atomic mass is 35.5. The molecule has 0 unspecified atom stereocenters. The standard InChI is InChI=1S/C9H5ClN4O2S2/c10-7-2-1-6(4-11)3-8(7)18(15,16)14-9-13-12-5-17-9/h1-3,5H,(H,13,14). The molecule has 0 fully saturated rings. The summed E-state index contributed by atoms with van der Waals surface area (Å²) in [6.45, 7) is 0. The molecule has 6 nitrogen and oxygen atoms in total. The van der Waals surface area contributed by atoms with E-state index < -0.39 is 10.0 Å². The predicted octanol–water partition coefficient (Wildman–Crippen LogP) is 1.86. The Balaban J connectivity index is 2.44.